The van der Waals surface area contributed by atoms with Gasteiger partial charge in [-0.05, 0) is 31.5 Å². The zero-order valence-corrected chi connectivity index (χ0v) is 18.8. The molecular formula is C22H18F3N5O3S. The monoisotopic (exact) mass is 489 g/mol. The van der Waals surface area contributed by atoms with Gasteiger partial charge >= 0.3 is 0 Å². The highest BCUT2D eigenvalue weighted by Crippen LogP contribution is 2.28. The first-order chi connectivity index (χ1) is 16.1. The summed E-state index contributed by atoms with van der Waals surface area (Å²) >= 11 is 0. The summed E-state index contributed by atoms with van der Waals surface area (Å²) in [7, 11) is -4.02. The van der Waals surface area contributed by atoms with Gasteiger partial charge in [-0.1, -0.05) is 6.92 Å². The highest BCUT2D eigenvalue weighted by molar-refractivity contribution is 7.92. The van der Waals surface area contributed by atoms with E-state index in [0.717, 1.165) is 5.69 Å². The molecule has 2 aromatic heterocycles. The van der Waals surface area contributed by atoms with Gasteiger partial charge in [-0.15, -0.1) is 0 Å². The normalized spacial score (nSPS) is 11.7. The Morgan fingerprint density at radius 2 is 1.85 bits per heavy atom. The molecule has 0 saturated heterocycles. The number of hydrogen-bond acceptors (Lipinski definition) is 6. The Bertz CT molecular complexity index is 1540. The smallest absolute Gasteiger partial charge is 0.232 e. The third kappa shape index (κ3) is 4.36. The van der Waals surface area contributed by atoms with Crippen LogP contribution in [-0.2, 0) is 10.0 Å². The second-order valence-corrected chi connectivity index (χ2v) is 9.34. The molecule has 1 N–H and O–H groups in total. The third-order valence-electron chi connectivity index (χ3n) is 4.98. The fourth-order valence-corrected chi connectivity index (χ4v) is 4.49. The highest BCUT2D eigenvalue weighted by Gasteiger charge is 2.27. The number of sulfonamides is 1. The highest BCUT2D eigenvalue weighted by atomic mass is 32.2. The lowest BCUT2D eigenvalue weighted by atomic mass is 10.0. The van der Waals surface area contributed by atoms with Gasteiger partial charge in [-0.3, -0.25) is 19.1 Å². The maximum atomic E-state index is 15.0. The van der Waals surface area contributed by atoms with E-state index in [-0.39, 0.29) is 23.3 Å². The van der Waals surface area contributed by atoms with E-state index in [4.69, 9.17) is 0 Å². The van der Waals surface area contributed by atoms with Crippen LogP contribution in [0, 0.1) is 24.4 Å². The summed E-state index contributed by atoms with van der Waals surface area (Å²) in [6.07, 6.45) is 4.86. The zero-order valence-electron chi connectivity index (χ0n) is 18.0. The van der Waals surface area contributed by atoms with Crippen molar-refractivity contribution in [1.82, 2.24) is 19.5 Å². The second kappa shape index (κ2) is 8.86. The minimum absolute atomic E-state index is 0.188. The maximum absolute atomic E-state index is 15.0. The predicted molar refractivity (Wildman–Crippen MR) is 119 cm³/mol. The SMILES string of the molecule is CCCS(=O)(=O)Nc1cc(F)c(F)c(C(=O)c2ccc3ncc(-n4cncc4C)nc3c2)c1F. The first-order valence-corrected chi connectivity index (χ1v) is 11.8. The summed E-state index contributed by atoms with van der Waals surface area (Å²) in [5, 5.41) is 0. The Morgan fingerprint density at radius 1 is 1.09 bits per heavy atom. The van der Waals surface area contributed by atoms with E-state index in [9.17, 15) is 22.0 Å². The predicted octanol–water partition coefficient (Wildman–Crippen LogP) is 3.92. The number of imidazole rings is 1. The molecule has 0 atom stereocenters. The van der Waals surface area contributed by atoms with Crippen molar-refractivity contribution in [2.45, 2.75) is 20.3 Å². The molecule has 0 radical (unpaired) electrons. The number of nitrogens with one attached hydrogen (secondary N) is 1. The summed E-state index contributed by atoms with van der Waals surface area (Å²) in [4.78, 5) is 25.7. The van der Waals surface area contributed by atoms with Crippen LogP contribution < -0.4 is 4.72 Å². The van der Waals surface area contributed by atoms with Crippen molar-refractivity contribution in [2.24, 2.45) is 0 Å². The molecule has 0 aliphatic rings. The summed E-state index contributed by atoms with van der Waals surface area (Å²) in [6.45, 7) is 3.39. The summed E-state index contributed by atoms with van der Waals surface area (Å²) in [5.74, 6) is -5.96. The molecular weight excluding hydrogens is 471 g/mol. The fourth-order valence-electron chi connectivity index (χ4n) is 3.37. The van der Waals surface area contributed by atoms with E-state index in [0.29, 0.717) is 17.4 Å². The number of rotatable bonds is 7. The number of fused-ring (bicyclic) bond motifs is 1. The van der Waals surface area contributed by atoms with Gasteiger partial charge in [-0.2, -0.15) is 0 Å². The van der Waals surface area contributed by atoms with Gasteiger partial charge in [-0.25, -0.2) is 31.6 Å². The minimum atomic E-state index is -4.02. The van der Waals surface area contributed by atoms with Crippen LogP contribution in [-0.4, -0.2) is 39.5 Å². The molecule has 12 heteroatoms. The van der Waals surface area contributed by atoms with Gasteiger partial charge in [0.05, 0.1) is 34.2 Å². The van der Waals surface area contributed by atoms with Crippen LogP contribution in [0.25, 0.3) is 16.9 Å². The summed E-state index contributed by atoms with van der Waals surface area (Å²) in [6, 6.07) is 4.33. The van der Waals surface area contributed by atoms with Crippen molar-refractivity contribution in [3.05, 3.63) is 77.3 Å². The number of ketones is 1. The van der Waals surface area contributed by atoms with Crippen molar-refractivity contribution >= 4 is 32.5 Å². The first-order valence-electron chi connectivity index (χ1n) is 10.1. The van der Waals surface area contributed by atoms with E-state index < -0.39 is 44.5 Å². The zero-order chi connectivity index (χ0) is 24.6. The maximum Gasteiger partial charge on any atom is 0.232 e. The number of carbonyl (C=O) groups excluding carboxylic acids is 1. The van der Waals surface area contributed by atoms with Crippen molar-refractivity contribution < 1.29 is 26.4 Å². The lowest BCUT2D eigenvalue weighted by molar-refractivity contribution is 0.103. The molecule has 4 aromatic rings. The third-order valence-corrected chi connectivity index (χ3v) is 6.46. The number of aryl methyl sites for hydroxylation is 1. The second-order valence-electron chi connectivity index (χ2n) is 7.50. The van der Waals surface area contributed by atoms with Crippen LogP contribution in [0.5, 0.6) is 0 Å². The molecule has 0 spiro atoms. The quantitative estimate of drug-likeness (QED) is 0.312. The van der Waals surface area contributed by atoms with Crippen LogP contribution in [0.4, 0.5) is 18.9 Å². The number of hydrogen-bond donors (Lipinski definition) is 1. The molecule has 0 amide bonds. The Morgan fingerprint density at radius 3 is 2.53 bits per heavy atom. The van der Waals surface area contributed by atoms with Gasteiger partial charge in [0.25, 0.3) is 0 Å². The van der Waals surface area contributed by atoms with Crippen LogP contribution in [0.15, 0.2) is 43.0 Å². The van der Waals surface area contributed by atoms with E-state index in [2.05, 4.69) is 15.0 Å². The molecule has 8 nitrogen and oxygen atoms in total. The van der Waals surface area contributed by atoms with Crippen LogP contribution in [0.1, 0.15) is 35.0 Å². The summed E-state index contributed by atoms with van der Waals surface area (Å²) < 4.78 is 71.3. The Labute approximate surface area is 192 Å². The molecule has 0 unspecified atom stereocenters. The Kier molecular flexibility index (Phi) is 6.09. The molecule has 0 saturated carbocycles. The summed E-state index contributed by atoms with van der Waals surface area (Å²) in [5.41, 5.74) is -0.823. The molecule has 176 valence electrons. The van der Waals surface area contributed by atoms with E-state index >= 15 is 4.39 Å². The first kappa shape index (κ1) is 23.4. The number of carbonyl (C=O) groups is 1. The van der Waals surface area contributed by atoms with E-state index in [1.54, 1.807) is 24.6 Å². The Balaban J connectivity index is 1.79. The standard InChI is InChI=1S/C22H18F3N5O3S/c1-3-6-34(32,33)29-17-8-14(23)20(24)19(21(17)25)22(31)13-4-5-15-16(7-13)28-18(10-27-15)30-11-26-9-12(30)2/h4-5,7-11,29H,3,6H2,1-2H3. The number of aromatic nitrogens is 4. The van der Waals surface area contributed by atoms with E-state index in [1.807, 2.05) is 4.72 Å². The van der Waals surface area contributed by atoms with Gasteiger partial charge in [0.1, 0.15) is 6.33 Å². The lowest BCUT2D eigenvalue weighted by Crippen LogP contribution is -2.19. The molecule has 34 heavy (non-hydrogen) atoms. The molecule has 0 aliphatic carbocycles. The van der Waals surface area contributed by atoms with Crippen LogP contribution in [0.3, 0.4) is 0 Å². The van der Waals surface area contributed by atoms with Gasteiger partial charge in [0.15, 0.2) is 29.1 Å². The molecule has 0 bridgehead atoms. The number of benzene rings is 2. The molecule has 4 rings (SSSR count). The van der Waals surface area contributed by atoms with Crippen molar-refractivity contribution in [1.29, 1.82) is 0 Å². The van der Waals surface area contributed by atoms with Crippen molar-refractivity contribution in [3.8, 4) is 5.82 Å². The van der Waals surface area contributed by atoms with Crippen molar-refractivity contribution in [2.75, 3.05) is 10.5 Å². The molecule has 0 aliphatic heterocycles. The number of nitrogens with zero attached hydrogens (tertiary/aromatic N) is 4. The van der Waals surface area contributed by atoms with Crippen molar-refractivity contribution in [3.63, 3.8) is 0 Å². The number of anilines is 1. The fraction of sp³-hybridized carbons (Fsp3) is 0.182. The molecule has 0 fully saturated rings. The van der Waals surface area contributed by atoms with Crippen LogP contribution in [0.2, 0.25) is 0 Å². The molecule has 2 aromatic carbocycles. The largest absolute Gasteiger partial charge is 0.288 e. The van der Waals surface area contributed by atoms with Gasteiger partial charge < -0.3 is 0 Å². The average molecular weight is 489 g/mol. The van der Waals surface area contributed by atoms with Crippen LogP contribution >= 0.6 is 0 Å². The number of halogens is 3. The minimum Gasteiger partial charge on any atom is -0.288 e. The average Bonchev–Trinajstić information content (AvgIpc) is 3.22. The van der Waals surface area contributed by atoms with E-state index in [1.165, 1.54) is 30.7 Å². The van der Waals surface area contributed by atoms with Gasteiger partial charge in [0.2, 0.25) is 10.0 Å². The molecule has 2 heterocycles. The van der Waals surface area contributed by atoms with Gasteiger partial charge in [0, 0.05) is 23.5 Å². The lowest BCUT2D eigenvalue weighted by Gasteiger charge is -2.12. The topological polar surface area (TPSA) is 107 Å². The Hall–Kier alpha value is -3.80.